The molecule has 0 bridgehead atoms. The zero-order valence-corrected chi connectivity index (χ0v) is 14.6. The van der Waals surface area contributed by atoms with Gasteiger partial charge in [-0.15, -0.1) is 11.8 Å². The van der Waals surface area contributed by atoms with Crippen LogP contribution in [0.1, 0.15) is 29.6 Å². The van der Waals surface area contributed by atoms with Gasteiger partial charge in [-0.2, -0.15) is 0 Å². The maximum Gasteiger partial charge on any atom is 0.309 e. The first-order chi connectivity index (χ1) is 11.6. The highest BCUT2D eigenvalue weighted by molar-refractivity contribution is 7.98. The lowest BCUT2D eigenvalue weighted by molar-refractivity contribution is -0.145. The smallest absolute Gasteiger partial charge is 0.309 e. The highest BCUT2D eigenvalue weighted by atomic mass is 32.2. The number of thioether (sulfide) groups is 1. The number of carboxylic acid groups (broad SMARTS) is 1. The fourth-order valence-corrected chi connectivity index (χ4v) is 4.35. The van der Waals surface area contributed by atoms with Crippen molar-refractivity contribution in [1.82, 2.24) is 4.90 Å². The van der Waals surface area contributed by atoms with E-state index in [2.05, 4.69) is 0 Å². The van der Waals surface area contributed by atoms with E-state index in [9.17, 15) is 14.7 Å². The van der Waals surface area contributed by atoms with Gasteiger partial charge in [0, 0.05) is 24.6 Å². The van der Waals surface area contributed by atoms with Crippen molar-refractivity contribution in [2.24, 2.45) is 11.8 Å². The molecule has 1 aromatic rings. The zero-order chi connectivity index (χ0) is 17.1. The van der Waals surface area contributed by atoms with E-state index >= 15 is 0 Å². The largest absolute Gasteiger partial charge is 0.481 e. The van der Waals surface area contributed by atoms with Crippen molar-refractivity contribution in [3.63, 3.8) is 0 Å². The third-order valence-corrected chi connectivity index (χ3v) is 5.88. The number of nitrogens with zero attached hydrogens (tertiary/aromatic N) is 1. The van der Waals surface area contributed by atoms with Crippen LogP contribution in [0.2, 0.25) is 0 Å². The molecule has 0 aliphatic carbocycles. The van der Waals surface area contributed by atoms with Gasteiger partial charge in [0.05, 0.1) is 17.6 Å². The van der Waals surface area contributed by atoms with Crippen LogP contribution in [0.25, 0.3) is 0 Å². The highest BCUT2D eigenvalue weighted by Gasteiger charge is 2.40. The first-order valence-corrected chi connectivity index (χ1v) is 9.61. The summed E-state index contributed by atoms with van der Waals surface area (Å²) in [5.41, 5.74) is 0.754. The molecule has 1 amide bonds. The summed E-state index contributed by atoms with van der Waals surface area (Å²) in [4.78, 5) is 27.0. The number of carboxylic acids is 1. The summed E-state index contributed by atoms with van der Waals surface area (Å²) in [6.07, 6.45) is 3.99. The number of hydrogen-bond acceptors (Lipinski definition) is 4. The molecular formula is C18H23NO4S. The molecule has 1 N–H and O–H groups in total. The van der Waals surface area contributed by atoms with Crippen molar-refractivity contribution < 1.29 is 19.4 Å². The number of ether oxygens (including phenoxy) is 1. The van der Waals surface area contributed by atoms with Crippen LogP contribution in [-0.4, -0.2) is 53.9 Å². The predicted octanol–water partition coefficient (Wildman–Crippen LogP) is 2.75. The molecule has 2 aliphatic rings. The fourth-order valence-electron chi connectivity index (χ4n) is 3.76. The molecule has 5 nitrogen and oxygen atoms in total. The van der Waals surface area contributed by atoms with E-state index in [4.69, 9.17) is 4.74 Å². The lowest BCUT2D eigenvalue weighted by Gasteiger charge is -2.35. The monoisotopic (exact) mass is 349 g/mol. The minimum Gasteiger partial charge on any atom is -0.481 e. The number of carbonyl (C=O) groups is 2. The first kappa shape index (κ1) is 17.3. The molecule has 2 atom stereocenters. The van der Waals surface area contributed by atoms with Crippen molar-refractivity contribution >= 4 is 23.6 Å². The average molecular weight is 349 g/mol. The lowest BCUT2D eigenvalue weighted by Crippen LogP contribution is -2.43. The summed E-state index contributed by atoms with van der Waals surface area (Å²) in [5.74, 6) is -0.853. The van der Waals surface area contributed by atoms with E-state index in [0.717, 1.165) is 23.3 Å². The Labute approximate surface area is 146 Å². The molecule has 2 aliphatic heterocycles. The van der Waals surface area contributed by atoms with E-state index in [1.807, 2.05) is 35.4 Å². The van der Waals surface area contributed by atoms with Gasteiger partial charge < -0.3 is 14.7 Å². The Balaban J connectivity index is 1.63. The number of piperidine rings is 1. The van der Waals surface area contributed by atoms with E-state index in [1.54, 1.807) is 11.8 Å². The van der Waals surface area contributed by atoms with Crippen molar-refractivity contribution in [3.05, 3.63) is 29.8 Å². The second-order valence-electron chi connectivity index (χ2n) is 6.40. The Kier molecular flexibility index (Phi) is 5.46. The Hall–Kier alpha value is -1.53. The van der Waals surface area contributed by atoms with E-state index in [-0.39, 0.29) is 17.9 Å². The molecule has 130 valence electrons. The molecule has 24 heavy (non-hydrogen) atoms. The van der Waals surface area contributed by atoms with Gasteiger partial charge in [0.1, 0.15) is 0 Å². The molecule has 0 spiro atoms. The molecule has 0 radical (unpaired) electrons. The summed E-state index contributed by atoms with van der Waals surface area (Å²) in [6, 6.07) is 7.68. The van der Waals surface area contributed by atoms with Gasteiger partial charge in [0.2, 0.25) is 0 Å². The molecule has 2 fully saturated rings. The summed E-state index contributed by atoms with van der Waals surface area (Å²) >= 11 is 1.58. The van der Waals surface area contributed by atoms with Crippen molar-refractivity contribution in [3.8, 4) is 0 Å². The third-order valence-electron chi connectivity index (χ3n) is 5.08. The maximum absolute atomic E-state index is 12.8. The standard InChI is InChI=1S/C18H23NO4S/c1-24-15-5-3-2-4-13(15)17(20)19-9-6-12(7-10-19)16-14(18(21)22)8-11-23-16/h2-5,12,14,16H,6-11H2,1H3,(H,21,22)/t14?,16-/m0/s1. The molecular weight excluding hydrogens is 326 g/mol. The average Bonchev–Trinajstić information content (AvgIpc) is 3.11. The molecule has 1 aromatic carbocycles. The van der Waals surface area contributed by atoms with Crippen LogP contribution in [0.5, 0.6) is 0 Å². The Morgan fingerprint density at radius 2 is 1.92 bits per heavy atom. The number of carbonyl (C=O) groups excluding carboxylic acids is 1. The minimum atomic E-state index is -0.759. The summed E-state index contributed by atoms with van der Waals surface area (Å²) < 4.78 is 5.70. The predicted molar refractivity (Wildman–Crippen MR) is 92.3 cm³/mol. The SMILES string of the molecule is CSc1ccccc1C(=O)N1CCC([C@@H]2OCCC2C(=O)O)CC1. The van der Waals surface area contributed by atoms with Crippen LogP contribution in [0, 0.1) is 11.8 Å². The molecule has 6 heteroatoms. The van der Waals surface area contributed by atoms with Gasteiger partial charge in [-0.25, -0.2) is 0 Å². The molecule has 2 heterocycles. The molecule has 0 aromatic heterocycles. The summed E-state index contributed by atoms with van der Waals surface area (Å²) in [7, 11) is 0. The number of hydrogen-bond donors (Lipinski definition) is 1. The van der Waals surface area contributed by atoms with E-state index < -0.39 is 11.9 Å². The Morgan fingerprint density at radius 3 is 2.58 bits per heavy atom. The number of amides is 1. The zero-order valence-electron chi connectivity index (χ0n) is 13.8. The fraction of sp³-hybridized carbons (Fsp3) is 0.556. The Bertz CT molecular complexity index is 613. The van der Waals surface area contributed by atoms with Gasteiger partial charge >= 0.3 is 5.97 Å². The number of aliphatic carboxylic acids is 1. The van der Waals surface area contributed by atoms with Gasteiger partial charge in [-0.3, -0.25) is 9.59 Å². The van der Waals surface area contributed by atoms with Gasteiger partial charge in [-0.05, 0) is 43.6 Å². The van der Waals surface area contributed by atoms with Crippen LogP contribution in [0.3, 0.4) is 0 Å². The lowest BCUT2D eigenvalue weighted by atomic mass is 9.84. The maximum atomic E-state index is 12.8. The summed E-state index contributed by atoms with van der Waals surface area (Å²) in [6.45, 7) is 1.86. The van der Waals surface area contributed by atoms with Crippen LogP contribution < -0.4 is 0 Å². The molecule has 3 rings (SSSR count). The third kappa shape index (κ3) is 3.44. The number of likely N-dealkylation sites (tertiary alicyclic amines) is 1. The molecule has 0 saturated carbocycles. The van der Waals surface area contributed by atoms with Crippen molar-refractivity contribution in [1.29, 1.82) is 0 Å². The normalized spacial score (nSPS) is 25.0. The number of rotatable bonds is 4. The minimum absolute atomic E-state index is 0.0699. The van der Waals surface area contributed by atoms with Crippen LogP contribution in [0.4, 0.5) is 0 Å². The van der Waals surface area contributed by atoms with Gasteiger partial charge in [0.25, 0.3) is 5.91 Å². The van der Waals surface area contributed by atoms with Crippen molar-refractivity contribution in [2.45, 2.75) is 30.3 Å². The topological polar surface area (TPSA) is 66.8 Å². The first-order valence-electron chi connectivity index (χ1n) is 8.38. The number of benzene rings is 1. The van der Waals surface area contributed by atoms with Crippen LogP contribution in [-0.2, 0) is 9.53 Å². The van der Waals surface area contributed by atoms with Crippen molar-refractivity contribution in [2.75, 3.05) is 26.0 Å². The second-order valence-corrected chi connectivity index (χ2v) is 7.25. The van der Waals surface area contributed by atoms with Crippen LogP contribution in [0.15, 0.2) is 29.2 Å². The summed E-state index contributed by atoms with van der Waals surface area (Å²) in [5, 5.41) is 9.31. The quantitative estimate of drug-likeness (QED) is 0.847. The molecule has 1 unspecified atom stereocenters. The highest BCUT2D eigenvalue weighted by Crippen LogP contribution is 2.34. The second kappa shape index (κ2) is 7.57. The Morgan fingerprint density at radius 1 is 1.21 bits per heavy atom. The van der Waals surface area contributed by atoms with Gasteiger partial charge in [-0.1, -0.05) is 12.1 Å². The van der Waals surface area contributed by atoms with E-state index in [1.165, 1.54) is 0 Å². The van der Waals surface area contributed by atoms with E-state index in [0.29, 0.717) is 26.1 Å². The van der Waals surface area contributed by atoms with Gasteiger partial charge in [0.15, 0.2) is 0 Å². The molecule has 2 saturated heterocycles. The van der Waals surface area contributed by atoms with Crippen LogP contribution >= 0.6 is 11.8 Å².